The van der Waals surface area contributed by atoms with Crippen LogP contribution in [0.25, 0.3) is 11.1 Å². The summed E-state index contributed by atoms with van der Waals surface area (Å²) in [6.07, 6.45) is -0.512. The van der Waals surface area contributed by atoms with Crippen molar-refractivity contribution in [2.45, 2.75) is 32.9 Å². The van der Waals surface area contributed by atoms with E-state index >= 15 is 0 Å². The molecular weight excluding hydrogens is 382 g/mol. The van der Waals surface area contributed by atoms with Crippen LogP contribution in [0.5, 0.6) is 0 Å². The van der Waals surface area contributed by atoms with Crippen molar-refractivity contribution in [1.29, 1.82) is 0 Å². The number of carbonyl (C=O) groups is 2. The van der Waals surface area contributed by atoms with Crippen molar-refractivity contribution in [3.05, 3.63) is 76.6 Å². The van der Waals surface area contributed by atoms with E-state index in [0.717, 1.165) is 16.7 Å². The number of aromatic nitrogens is 2. The highest BCUT2D eigenvalue weighted by atomic mass is 16.5. The molecule has 7 nitrogen and oxygen atoms in total. The predicted octanol–water partition coefficient (Wildman–Crippen LogP) is 3.62. The van der Waals surface area contributed by atoms with E-state index < -0.39 is 12.1 Å². The van der Waals surface area contributed by atoms with Gasteiger partial charge in [-0.1, -0.05) is 48.5 Å². The van der Waals surface area contributed by atoms with Gasteiger partial charge >= 0.3 is 12.1 Å². The third kappa shape index (κ3) is 3.66. The van der Waals surface area contributed by atoms with Gasteiger partial charge in [0.1, 0.15) is 13.2 Å². The molecule has 1 aromatic heterocycles. The molecule has 0 radical (unpaired) electrons. The molecule has 0 aliphatic heterocycles. The molecule has 4 rings (SSSR count). The molecule has 1 aliphatic carbocycles. The van der Waals surface area contributed by atoms with Gasteiger partial charge in [-0.25, -0.2) is 4.79 Å². The van der Waals surface area contributed by atoms with E-state index in [4.69, 9.17) is 9.84 Å². The average molecular weight is 405 g/mol. The Hall–Kier alpha value is -3.61. The van der Waals surface area contributed by atoms with E-state index in [9.17, 15) is 9.59 Å². The summed E-state index contributed by atoms with van der Waals surface area (Å²) in [5, 5.41) is 16.0. The minimum atomic E-state index is -0.961. The number of aliphatic carboxylic acids is 1. The van der Waals surface area contributed by atoms with Gasteiger partial charge < -0.3 is 15.2 Å². The van der Waals surface area contributed by atoms with Gasteiger partial charge in [-0.05, 0) is 36.1 Å². The SMILES string of the molecule is Cc1nn(CC(=O)O)c(C)c1CNC(=O)OCC1c2ccccc2-c2ccccc21. The number of carbonyl (C=O) groups excluding carboxylic acids is 1. The summed E-state index contributed by atoms with van der Waals surface area (Å²) < 4.78 is 6.96. The van der Waals surface area contributed by atoms with E-state index in [-0.39, 0.29) is 25.6 Å². The van der Waals surface area contributed by atoms with E-state index in [0.29, 0.717) is 11.4 Å². The lowest BCUT2D eigenvalue weighted by molar-refractivity contribution is -0.137. The molecule has 154 valence electrons. The summed E-state index contributed by atoms with van der Waals surface area (Å²) in [6.45, 7) is 3.85. The summed E-state index contributed by atoms with van der Waals surface area (Å²) >= 11 is 0. The molecule has 2 aromatic carbocycles. The zero-order valence-corrected chi connectivity index (χ0v) is 16.9. The number of amides is 1. The van der Waals surface area contributed by atoms with Gasteiger partial charge in [-0.3, -0.25) is 9.48 Å². The number of ether oxygens (including phenoxy) is 1. The van der Waals surface area contributed by atoms with Crippen molar-refractivity contribution in [3.8, 4) is 11.1 Å². The molecule has 0 bridgehead atoms. The number of fused-ring (bicyclic) bond motifs is 3. The number of hydrogen-bond donors (Lipinski definition) is 2. The van der Waals surface area contributed by atoms with Gasteiger partial charge in [0, 0.05) is 23.7 Å². The highest BCUT2D eigenvalue weighted by Gasteiger charge is 2.29. The van der Waals surface area contributed by atoms with Crippen molar-refractivity contribution in [3.63, 3.8) is 0 Å². The lowest BCUT2D eigenvalue weighted by Gasteiger charge is -2.14. The van der Waals surface area contributed by atoms with Crippen molar-refractivity contribution >= 4 is 12.1 Å². The van der Waals surface area contributed by atoms with Crippen LogP contribution in [0.3, 0.4) is 0 Å². The normalized spacial score (nSPS) is 12.3. The van der Waals surface area contributed by atoms with Crippen LogP contribution in [-0.2, 0) is 22.6 Å². The van der Waals surface area contributed by atoms with Gasteiger partial charge in [-0.2, -0.15) is 5.10 Å². The number of hydrogen-bond acceptors (Lipinski definition) is 4. The Labute approximate surface area is 174 Å². The second-order valence-electron chi connectivity index (χ2n) is 7.38. The molecular formula is C23H23N3O4. The number of carboxylic acids is 1. The van der Waals surface area contributed by atoms with Crippen LogP contribution < -0.4 is 5.32 Å². The number of alkyl carbamates (subject to hydrolysis) is 1. The Balaban J connectivity index is 1.41. The third-order valence-electron chi connectivity index (χ3n) is 5.57. The molecule has 1 aliphatic rings. The highest BCUT2D eigenvalue weighted by molar-refractivity contribution is 5.79. The third-order valence-corrected chi connectivity index (χ3v) is 5.57. The van der Waals surface area contributed by atoms with Gasteiger partial charge in [0.15, 0.2) is 0 Å². The van der Waals surface area contributed by atoms with Crippen LogP contribution in [0.2, 0.25) is 0 Å². The fraction of sp³-hybridized carbons (Fsp3) is 0.261. The van der Waals surface area contributed by atoms with Gasteiger partial charge in [0.05, 0.1) is 5.69 Å². The molecule has 2 N–H and O–H groups in total. The van der Waals surface area contributed by atoms with E-state index in [1.165, 1.54) is 15.8 Å². The van der Waals surface area contributed by atoms with Crippen molar-refractivity contribution in [1.82, 2.24) is 15.1 Å². The van der Waals surface area contributed by atoms with Crippen LogP contribution in [-0.4, -0.2) is 33.6 Å². The minimum Gasteiger partial charge on any atom is -0.480 e. The fourth-order valence-electron chi connectivity index (χ4n) is 4.08. The zero-order chi connectivity index (χ0) is 21.3. The number of rotatable bonds is 6. The molecule has 0 fully saturated rings. The first-order chi connectivity index (χ1) is 14.5. The number of nitrogens with one attached hydrogen (secondary N) is 1. The summed E-state index contributed by atoms with van der Waals surface area (Å²) in [5.74, 6) is -0.957. The first kappa shape index (κ1) is 19.7. The maximum Gasteiger partial charge on any atom is 0.407 e. The maximum atomic E-state index is 12.3. The van der Waals surface area contributed by atoms with E-state index in [2.05, 4.69) is 34.7 Å². The smallest absolute Gasteiger partial charge is 0.407 e. The van der Waals surface area contributed by atoms with E-state index in [1.54, 1.807) is 13.8 Å². The lowest BCUT2D eigenvalue weighted by Crippen LogP contribution is -2.26. The Morgan fingerprint density at radius 1 is 1.07 bits per heavy atom. The molecule has 0 atom stereocenters. The van der Waals surface area contributed by atoms with Gasteiger partial charge in [-0.15, -0.1) is 0 Å². The molecule has 0 unspecified atom stereocenters. The lowest BCUT2D eigenvalue weighted by atomic mass is 9.98. The quantitative estimate of drug-likeness (QED) is 0.653. The Bertz CT molecular complexity index is 1070. The van der Waals surface area contributed by atoms with Crippen LogP contribution in [0.4, 0.5) is 4.79 Å². The van der Waals surface area contributed by atoms with Gasteiger partial charge in [0.2, 0.25) is 0 Å². The summed E-state index contributed by atoms with van der Waals surface area (Å²) in [6, 6.07) is 16.4. The highest BCUT2D eigenvalue weighted by Crippen LogP contribution is 2.44. The van der Waals surface area contributed by atoms with Crippen LogP contribution in [0.15, 0.2) is 48.5 Å². The number of carboxylic acid groups (broad SMARTS) is 1. The molecule has 0 saturated heterocycles. The van der Waals surface area contributed by atoms with E-state index in [1.807, 2.05) is 24.3 Å². The van der Waals surface area contributed by atoms with Crippen molar-refractivity contribution in [2.75, 3.05) is 6.61 Å². The maximum absolute atomic E-state index is 12.3. The standard InChI is InChI=1S/C23H23N3O4/c1-14-20(15(2)26(25-14)12-22(27)28)11-24-23(29)30-13-21-18-9-5-3-7-16(18)17-8-4-6-10-19(17)21/h3-10,21H,11-13H2,1-2H3,(H,24,29)(H,27,28). The molecule has 1 amide bonds. The van der Waals surface area contributed by atoms with Crippen LogP contribution in [0.1, 0.15) is 34.0 Å². The Morgan fingerprint density at radius 3 is 2.27 bits per heavy atom. The molecule has 3 aromatic rings. The second-order valence-corrected chi connectivity index (χ2v) is 7.38. The van der Waals surface area contributed by atoms with Crippen molar-refractivity contribution < 1.29 is 19.4 Å². The first-order valence-electron chi connectivity index (χ1n) is 9.79. The van der Waals surface area contributed by atoms with Crippen LogP contribution >= 0.6 is 0 Å². The van der Waals surface area contributed by atoms with Crippen molar-refractivity contribution in [2.24, 2.45) is 0 Å². The summed E-state index contributed by atoms with van der Waals surface area (Å²) in [5.41, 5.74) is 6.88. The Morgan fingerprint density at radius 2 is 1.67 bits per heavy atom. The predicted molar refractivity (Wildman–Crippen MR) is 111 cm³/mol. The minimum absolute atomic E-state index is 0.00457. The fourth-order valence-corrected chi connectivity index (χ4v) is 4.08. The van der Waals surface area contributed by atoms with Crippen LogP contribution in [0, 0.1) is 13.8 Å². The molecule has 7 heteroatoms. The molecule has 30 heavy (non-hydrogen) atoms. The summed E-state index contributed by atoms with van der Waals surface area (Å²) in [4.78, 5) is 23.3. The second kappa shape index (κ2) is 8.02. The molecule has 0 saturated carbocycles. The summed E-state index contributed by atoms with van der Waals surface area (Å²) in [7, 11) is 0. The van der Waals surface area contributed by atoms with Gasteiger partial charge in [0.25, 0.3) is 0 Å². The topological polar surface area (TPSA) is 93.5 Å². The zero-order valence-electron chi connectivity index (χ0n) is 16.9. The molecule has 1 heterocycles. The number of nitrogens with zero attached hydrogens (tertiary/aromatic N) is 2. The monoisotopic (exact) mass is 405 g/mol. The first-order valence-corrected chi connectivity index (χ1v) is 9.79. The molecule has 0 spiro atoms. The number of benzene rings is 2. The number of aryl methyl sites for hydroxylation is 1. The largest absolute Gasteiger partial charge is 0.480 e. The Kier molecular flexibility index (Phi) is 5.27. The average Bonchev–Trinajstić information content (AvgIpc) is 3.18.